The number of rotatable bonds is 3. The van der Waals surface area contributed by atoms with Crippen LogP contribution in [0.5, 0.6) is 0 Å². The molecule has 3 heteroatoms. The van der Waals surface area contributed by atoms with Crippen LogP contribution in [0.3, 0.4) is 0 Å². The monoisotopic (exact) mass is 189 g/mol. The molecule has 1 aromatic carbocycles. The summed E-state index contributed by atoms with van der Waals surface area (Å²) < 4.78 is 0. The molecule has 0 unspecified atom stereocenters. The van der Waals surface area contributed by atoms with Gasteiger partial charge in [-0.25, -0.2) is 0 Å². The Labute approximate surface area is 84.2 Å². The highest BCUT2D eigenvalue weighted by Gasteiger charge is 2.07. The molecule has 2 rings (SSSR count). The average Bonchev–Trinajstić information content (AvgIpc) is 2.71. The minimum atomic E-state index is 0.894. The number of aliphatic imine (C=N–C) groups is 1. The number of nitrogens with one attached hydrogen (secondary N) is 2. The van der Waals surface area contributed by atoms with Gasteiger partial charge in [0.1, 0.15) is 5.84 Å². The average molecular weight is 189 g/mol. The first-order valence-corrected chi connectivity index (χ1v) is 4.92. The van der Waals surface area contributed by atoms with Crippen LogP contribution in [-0.2, 0) is 6.54 Å². The summed E-state index contributed by atoms with van der Waals surface area (Å²) in [5, 5.41) is 6.41. The number of benzene rings is 1. The lowest BCUT2D eigenvalue weighted by Gasteiger charge is -2.05. The normalized spacial score (nSPS) is 15.1. The molecule has 0 saturated carbocycles. The van der Waals surface area contributed by atoms with Crippen LogP contribution in [-0.4, -0.2) is 26.0 Å². The maximum absolute atomic E-state index is 4.39. The standard InChI is InChI=1S/C11H15N3/c1-12-8-9-3-2-4-10(7-9)11-13-5-6-14-11/h2-4,7,12H,5-6,8H2,1H3,(H,13,14). The Kier molecular flexibility index (Phi) is 2.79. The highest BCUT2D eigenvalue weighted by atomic mass is 15.1. The number of nitrogens with zero attached hydrogens (tertiary/aromatic N) is 1. The molecule has 0 saturated heterocycles. The lowest BCUT2D eigenvalue weighted by Crippen LogP contribution is -2.19. The van der Waals surface area contributed by atoms with Crippen LogP contribution in [0.4, 0.5) is 0 Å². The molecular formula is C11H15N3. The van der Waals surface area contributed by atoms with Crippen molar-refractivity contribution < 1.29 is 0 Å². The first-order valence-electron chi connectivity index (χ1n) is 4.92. The van der Waals surface area contributed by atoms with Crippen molar-refractivity contribution in [2.75, 3.05) is 20.1 Å². The van der Waals surface area contributed by atoms with E-state index in [4.69, 9.17) is 0 Å². The second-order valence-electron chi connectivity index (χ2n) is 3.39. The zero-order chi connectivity index (χ0) is 9.80. The van der Waals surface area contributed by atoms with E-state index in [2.05, 4.69) is 39.9 Å². The summed E-state index contributed by atoms with van der Waals surface area (Å²) in [6.45, 7) is 2.76. The van der Waals surface area contributed by atoms with E-state index >= 15 is 0 Å². The Bertz CT molecular complexity index is 344. The molecule has 0 bridgehead atoms. The highest BCUT2D eigenvalue weighted by Crippen LogP contribution is 2.07. The van der Waals surface area contributed by atoms with Gasteiger partial charge < -0.3 is 10.6 Å². The fourth-order valence-corrected chi connectivity index (χ4v) is 1.62. The zero-order valence-electron chi connectivity index (χ0n) is 8.38. The van der Waals surface area contributed by atoms with E-state index in [1.165, 1.54) is 11.1 Å². The molecule has 0 aliphatic carbocycles. The molecule has 1 aromatic rings. The minimum Gasteiger partial charge on any atom is -0.368 e. The lowest BCUT2D eigenvalue weighted by molar-refractivity contribution is 0.817. The molecular weight excluding hydrogens is 174 g/mol. The van der Waals surface area contributed by atoms with Gasteiger partial charge in [0.05, 0.1) is 6.54 Å². The molecule has 0 spiro atoms. The van der Waals surface area contributed by atoms with Crippen LogP contribution in [0, 0.1) is 0 Å². The van der Waals surface area contributed by atoms with Crippen LogP contribution in [0.15, 0.2) is 29.3 Å². The predicted molar refractivity (Wildman–Crippen MR) is 58.6 cm³/mol. The molecule has 1 heterocycles. The smallest absolute Gasteiger partial charge is 0.128 e. The van der Waals surface area contributed by atoms with Crippen molar-refractivity contribution in [1.82, 2.24) is 10.6 Å². The lowest BCUT2D eigenvalue weighted by atomic mass is 10.1. The molecule has 0 aromatic heterocycles. The first kappa shape index (κ1) is 9.21. The van der Waals surface area contributed by atoms with Gasteiger partial charge in [-0.2, -0.15) is 0 Å². The third-order valence-corrected chi connectivity index (χ3v) is 2.26. The number of hydrogen-bond acceptors (Lipinski definition) is 3. The van der Waals surface area contributed by atoms with Gasteiger partial charge in [0.2, 0.25) is 0 Å². The van der Waals surface area contributed by atoms with Crippen LogP contribution < -0.4 is 10.6 Å². The van der Waals surface area contributed by atoms with E-state index in [1.54, 1.807) is 0 Å². The van der Waals surface area contributed by atoms with Crippen LogP contribution >= 0.6 is 0 Å². The van der Waals surface area contributed by atoms with Gasteiger partial charge >= 0.3 is 0 Å². The topological polar surface area (TPSA) is 36.4 Å². The largest absolute Gasteiger partial charge is 0.368 e. The second kappa shape index (κ2) is 4.24. The molecule has 14 heavy (non-hydrogen) atoms. The fourth-order valence-electron chi connectivity index (χ4n) is 1.62. The molecule has 2 N–H and O–H groups in total. The van der Waals surface area contributed by atoms with Gasteiger partial charge in [0, 0.05) is 18.7 Å². The van der Waals surface area contributed by atoms with Gasteiger partial charge in [0.15, 0.2) is 0 Å². The van der Waals surface area contributed by atoms with E-state index in [1.807, 2.05) is 7.05 Å². The Morgan fingerprint density at radius 3 is 3.14 bits per heavy atom. The second-order valence-corrected chi connectivity index (χ2v) is 3.39. The van der Waals surface area contributed by atoms with Crippen LogP contribution in [0.1, 0.15) is 11.1 Å². The minimum absolute atomic E-state index is 0.894. The van der Waals surface area contributed by atoms with E-state index < -0.39 is 0 Å². The first-order chi connectivity index (χ1) is 6.90. The van der Waals surface area contributed by atoms with Crippen LogP contribution in [0.2, 0.25) is 0 Å². The third kappa shape index (κ3) is 1.93. The van der Waals surface area contributed by atoms with Gasteiger partial charge in [-0.3, -0.25) is 4.99 Å². The Balaban J connectivity index is 2.21. The Morgan fingerprint density at radius 1 is 1.50 bits per heavy atom. The van der Waals surface area contributed by atoms with E-state index in [0.717, 1.165) is 25.5 Å². The van der Waals surface area contributed by atoms with Gasteiger partial charge in [-0.1, -0.05) is 18.2 Å². The quantitative estimate of drug-likeness (QED) is 0.736. The van der Waals surface area contributed by atoms with E-state index in [-0.39, 0.29) is 0 Å². The van der Waals surface area contributed by atoms with Crippen molar-refractivity contribution in [3.63, 3.8) is 0 Å². The molecule has 0 amide bonds. The maximum Gasteiger partial charge on any atom is 0.128 e. The van der Waals surface area contributed by atoms with Crippen molar-refractivity contribution in [2.24, 2.45) is 4.99 Å². The summed E-state index contributed by atoms with van der Waals surface area (Å²) in [5.41, 5.74) is 2.48. The summed E-state index contributed by atoms with van der Waals surface area (Å²) in [6, 6.07) is 8.46. The predicted octanol–water partition coefficient (Wildman–Crippen LogP) is 0.756. The van der Waals surface area contributed by atoms with E-state index in [9.17, 15) is 0 Å². The summed E-state index contributed by atoms with van der Waals surface area (Å²) in [5.74, 6) is 1.03. The number of hydrogen-bond donors (Lipinski definition) is 2. The van der Waals surface area contributed by atoms with E-state index in [0.29, 0.717) is 0 Å². The summed E-state index contributed by atoms with van der Waals surface area (Å²) in [7, 11) is 1.96. The summed E-state index contributed by atoms with van der Waals surface area (Å²) in [6.07, 6.45) is 0. The Hall–Kier alpha value is -1.35. The third-order valence-electron chi connectivity index (χ3n) is 2.26. The van der Waals surface area contributed by atoms with Gasteiger partial charge in [-0.15, -0.1) is 0 Å². The molecule has 3 nitrogen and oxygen atoms in total. The molecule has 74 valence electrons. The van der Waals surface area contributed by atoms with Crippen molar-refractivity contribution in [3.8, 4) is 0 Å². The van der Waals surface area contributed by atoms with Crippen molar-refractivity contribution >= 4 is 5.84 Å². The molecule has 0 fully saturated rings. The summed E-state index contributed by atoms with van der Waals surface area (Å²) >= 11 is 0. The molecule has 0 atom stereocenters. The zero-order valence-corrected chi connectivity index (χ0v) is 8.38. The maximum atomic E-state index is 4.39. The fraction of sp³-hybridized carbons (Fsp3) is 0.364. The van der Waals surface area contributed by atoms with Crippen molar-refractivity contribution in [2.45, 2.75) is 6.54 Å². The highest BCUT2D eigenvalue weighted by molar-refractivity contribution is 5.99. The molecule has 0 radical (unpaired) electrons. The number of amidine groups is 1. The Morgan fingerprint density at radius 2 is 2.43 bits per heavy atom. The summed E-state index contributed by atoms with van der Waals surface area (Å²) in [4.78, 5) is 4.39. The van der Waals surface area contributed by atoms with Crippen molar-refractivity contribution in [1.29, 1.82) is 0 Å². The van der Waals surface area contributed by atoms with Gasteiger partial charge in [0.25, 0.3) is 0 Å². The van der Waals surface area contributed by atoms with Crippen LogP contribution in [0.25, 0.3) is 0 Å². The van der Waals surface area contributed by atoms with Crippen molar-refractivity contribution in [3.05, 3.63) is 35.4 Å². The molecule has 1 aliphatic heterocycles. The van der Waals surface area contributed by atoms with Gasteiger partial charge in [-0.05, 0) is 18.7 Å². The molecule has 1 aliphatic rings. The SMILES string of the molecule is CNCc1cccc(C2=NCCN2)c1.